The van der Waals surface area contributed by atoms with E-state index in [2.05, 4.69) is 0 Å². The molecule has 0 unspecified atom stereocenters. The average Bonchev–Trinajstić information content (AvgIpc) is 2.65. The third-order valence-corrected chi connectivity index (χ3v) is 4.46. The van der Waals surface area contributed by atoms with Crippen LogP contribution in [0.2, 0.25) is 0 Å². The smallest absolute Gasteiger partial charge is 0.405 e. The third kappa shape index (κ3) is 4.94. The van der Waals surface area contributed by atoms with Crippen LogP contribution in [0.4, 0.5) is 4.79 Å². The van der Waals surface area contributed by atoms with Crippen LogP contribution in [0.3, 0.4) is 0 Å². The number of methoxy groups -OCH3 is 1. The molecule has 0 aliphatic carbocycles. The van der Waals surface area contributed by atoms with E-state index in [0.717, 1.165) is 33.4 Å². The van der Waals surface area contributed by atoms with Crippen LogP contribution >= 0.6 is 0 Å². The fraction of sp³-hybridized carbons (Fsp3) is 0.261. The van der Waals surface area contributed by atoms with Gasteiger partial charge in [-0.05, 0) is 60.0 Å². The van der Waals surface area contributed by atoms with Gasteiger partial charge in [0.15, 0.2) is 0 Å². The molecule has 0 saturated heterocycles. The predicted octanol–water partition coefficient (Wildman–Crippen LogP) is 4.84. The molecule has 0 aromatic heterocycles. The molecule has 0 heterocycles. The van der Waals surface area contributed by atoms with Crippen molar-refractivity contribution in [2.24, 2.45) is 5.73 Å². The first-order chi connectivity index (χ1) is 13.4. The summed E-state index contributed by atoms with van der Waals surface area (Å²) in [5, 5.41) is 2.07. The Labute approximate surface area is 165 Å². The minimum absolute atomic E-state index is 0.451. The number of benzene rings is 3. The van der Waals surface area contributed by atoms with E-state index in [0.29, 0.717) is 13.0 Å². The van der Waals surface area contributed by atoms with Crippen molar-refractivity contribution in [1.29, 1.82) is 0 Å². The zero-order valence-electron chi connectivity index (χ0n) is 16.4. The topological polar surface area (TPSA) is 70.8 Å². The first-order valence-corrected chi connectivity index (χ1v) is 9.12. The Balaban J connectivity index is 1.96. The van der Waals surface area contributed by atoms with Gasteiger partial charge in [-0.15, -0.1) is 0 Å². The Morgan fingerprint density at radius 1 is 1.00 bits per heavy atom. The van der Waals surface area contributed by atoms with Crippen molar-refractivity contribution in [2.75, 3.05) is 7.11 Å². The fourth-order valence-electron chi connectivity index (χ4n) is 3.20. The molecule has 3 aromatic rings. The van der Waals surface area contributed by atoms with Crippen LogP contribution in [0.15, 0.2) is 60.7 Å². The van der Waals surface area contributed by atoms with Crippen molar-refractivity contribution in [2.45, 2.75) is 32.5 Å². The van der Waals surface area contributed by atoms with Gasteiger partial charge in [0.2, 0.25) is 0 Å². The van der Waals surface area contributed by atoms with Crippen LogP contribution in [-0.2, 0) is 17.8 Å². The summed E-state index contributed by atoms with van der Waals surface area (Å²) in [5.41, 5.74) is 6.48. The molecule has 0 radical (unpaired) electrons. The van der Waals surface area contributed by atoms with E-state index in [-0.39, 0.29) is 0 Å². The number of primary amides is 1. The Morgan fingerprint density at radius 2 is 1.75 bits per heavy atom. The lowest BCUT2D eigenvalue weighted by molar-refractivity contribution is 0.0454. The first-order valence-electron chi connectivity index (χ1n) is 9.12. The van der Waals surface area contributed by atoms with Crippen LogP contribution in [-0.4, -0.2) is 18.8 Å². The molecule has 3 aromatic carbocycles. The van der Waals surface area contributed by atoms with Gasteiger partial charge in [-0.1, -0.05) is 36.4 Å². The second kappa shape index (κ2) is 8.21. The SMILES string of the molecule is COc1ccc2cc(OCc3ccccc3)c(CC(C)(C)OC(N)=O)cc2c1. The molecule has 0 spiro atoms. The van der Waals surface area contributed by atoms with Crippen LogP contribution in [0.25, 0.3) is 10.8 Å². The van der Waals surface area contributed by atoms with E-state index < -0.39 is 11.7 Å². The molecule has 0 aliphatic rings. The highest BCUT2D eigenvalue weighted by Crippen LogP contribution is 2.32. The maximum Gasteiger partial charge on any atom is 0.405 e. The summed E-state index contributed by atoms with van der Waals surface area (Å²) in [6.07, 6.45) is -0.327. The largest absolute Gasteiger partial charge is 0.497 e. The van der Waals surface area contributed by atoms with Crippen molar-refractivity contribution in [3.8, 4) is 11.5 Å². The molecular formula is C23H25NO4. The lowest BCUT2D eigenvalue weighted by Gasteiger charge is -2.25. The highest BCUT2D eigenvalue weighted by molar-refractivity contribution is 5.86. The Kier molecular flexibility index (Phi) is 5.73. The molecule has 3 rings (SSSR count). The second-order valence-corrected chi connectivity index (χ2v) is 7.30. The molecular weight excluding hydrogens is 354 g/mol. The van der Waals surface area contributed by atoms with Gasteiger partial charge in [0.05, 0.1) is 7.11 Å². The molecule has 0 bridgehead atoms. The number of carbonyl (C=O) groups is 1. The number of hydrogen-bond acceptors (Lipinski definition) is 4. The molecule has 146 valence electrons. The van der Waals surface area contributed by atoms with E-state index in [9.17, 15) is 4.79 Å². The summed E-state index contributed by atoms with van der Waals surface area (Å²) >= 11 is 0. The maximum absolute atomic E-state index is 11.2. The van der Waals surface area contributed by atoms with Crippen molar-refractivity contribution in [3.63, 3.8) is 0 Å². The Morgan fingerprint density at radius 3 is 2.43 bits per heavy atom. The summed E-state index contributed by atoms with van der Waals surface area (Å²) in [7, 11) is 1.64. The highest BCUT2D eigenvalue weighted by atomic mass is 16.6. The second-order valence-electron chi connectivity index (χ2n) is 7.30. The van der Waals surface area contributed by atoms with Crippen molar-refractivity contribution < 1.29 is 19.0 Å². The Bertz CT molecular complexity index is 967. The molecule has 1 amide bonds. The number of fused-ring (bicyclic) bond motifs is 1. The normalized spacial score (nSPS) is 11.2. The monoisotopic (exact) mass is 379 g/mol. The van der Waals surface area contributed by atoms with Gasteiger partial charge in [-0.3, -0.25) is 0 Å². The fourth-order valence-corrected chi connectivity index (χ4v) is 3.20. The number of rotatable bonds is 7. The molecule has 0 atom stereocenters. The van der Waals surface area contributed by atoms with Crippen LogP contribution in [0.5, 0.6) is 11.5 Å². The quantitative estimate of drug-likeness (QED) is 0.637. The molecule has 2 N–H and O–H groups in total. The van der Waals surface area contributed by atoms with E-state index in [4.69, 9.17) is 19.9 Å². The molecule has 5 nitrogen and oxygen atoms in total. The maximum atomic E-state index is 11.2. The average molecular weight is 379 g/mol. The zero-order chi connectivity index (χ0) is 20.1. The number of carbonyl (C=O) groups excluding carboxylic acids is 1. The lowest BCUT2D eigenvalue weighted by Crippen LogP contribution is -2.33. The number of hydrogen-bond donors (Lipinski definition) is 1. The van der Waals surface area contributed by atoms with E-state index >= 15 is 0 Å². The minimum Gasteiger partial charge on any atom is -0.497 e. The predicted molar refractivity (Wildman–Crippen MR) is 110 cm³/mol. The van der Waals surface area contributed by atoms with Gasteiger partial charge in [0.25, 0.3) is 0 Å². The number of ether oxygens (including phenoxy) is 3. The van der Waals surface area contributed by atoms with Crippen LogP contribution in [0, 0.1) is 0 Å². The summed E-state index contributed by atoms with van der Waals surface area (Å²) in [6, 6.07) is 19.9. The Hall–Kier alpha value is -3.21. The van der Waals surface area contributed by atoms with Crippen LogP contribution in [0.1, 0.15) is 25.0 Å². The molecule has 5 heteroatoms. The van der Waals surface area contributed by atoms with E-state index in [1.807, 2.05) is 74.5 Å². The first kappa shape index (κ1) is 19.5. The van der Waals surface area contributed by atoms with Gasteiger partial charge < -0.3 is 19.9 Å². The van der Waals surface area contributed by atoms with Crippen molar-refractivity contribution >= 4 is 16.9 Å². The lowest BCUT2D eigenvalue weighted by atomic mass is 9.95. The van der Waals surface area contributed by atoms with E-state index in [1.165, 1.54) is 0 Å². The van der Waals surface area contributed by atoms with E-state index in [1.54, 1.807) is 7.11 Å². The van der Waals surface area contributed by atoms with Gasteiger partial charge in [-0.2, -0.15) is 0 Å². The minimum atomic E-state index is -0.792. The van der Waals surface area contributed by atoms with Crippen molar-refractivity contribution in [3.05, 3.63) is 71.8 Å². The summed E-state index contributed by atoms with van der Waals surface area (Å²) < 4.78 is 16.7. The van der Waals surface area contributed by atoms with Gasteiger partial charge in [0.1, 0.15) is 23.7 Å². The molecule has 0 saturated carbocycles. The molecule has 0 aliphatic heterocycles. The summed E-state index contributed by atoms with van der Waals surface area (Å²) in [4.78, 5) is 11.2. The number of nitrogens with two attached hydrogens (primary N) is 1. The van der Waals surface area contributed by atoms with Gasteiger partial charge >= 0.3 is 6.09 Å². The molecule has 28 heavy (non-hydrogen) atoms. The number of amides is 1. The van der Waals surface area contributed by atoms with Gasteiger partial charge in [-0.25, -0.2) is 4.79 Å². The zero-order valence-corrected chi connectivity index (χ0v) is 16.4. The summed E-state index contributed by atoms with van der Waals surface area (Å²) in [6.45, 7) is 4.11. The highest BCUT2D eigenvalue weighted by Gasteiger charge is 2.24. The molecule has 0 fully saturated rings. The summed E-state index contributed by atoms with van der Waals surface area (Å²) in [5.74, 6) is 1.53. The standard InChI is InChI=1S/C23H25NO4/c1-23(2,28-22(24)25)14-19-11-18-12-20(26-3)10-9-17(18)13-21(19)27-15-16-7-5-4-6-8-16/h4-13H,14-15H2,1-3H3,(H2,24,25). The van der Waals surface area contributed by atoms with Crippen molar-refractivity contribution in [1.82, 2.24) is 0 Å². The van der Waals surface area contributed by atoms with Gasteiger partial charge in [0, 0.05) is 6.42 Å². The third-order valence-electron chi connectivity index (χ3n) is 4.46. The van der Waals surface area contributed by atoms with Crippen LogP contribution < -0.4 is 15.2 Å².